The Morgan fingerprint density at radius 2 is 2.11 bits per heavy atom. The Balaban J connectivity index is 2.07. The highest BCUT2D eigenvalue weighted by molar-refractivity contribution is 9.10. The van der Waals surface area contributed by atoms with Crippen molar-refractivity contribution in [1.29, 1.82) is 0 Å². The lowest BCUT2D eigenvalue weighted by molar-refractivity contribution is 1.21. The summed E-state index contributed by atoms with van der Waals surface area (Å²) < 4.78 is 0.998. The first-order chi connectivity index (χ1) is 9.11. The molecule has 0 saturated carbocycles. The first kappa shape index (κ1) is 11.9. The Morgan fingerprint density at radius 1 is 1.26 bits per heavy atom. The van der Waals surface area contributed by atoms with Gasteiger partial charge in [0.25, 0.3) is 0 Å². The summed E-state index contributed by atoms with van der Waals surface area (Å²) in [5.41, 5.74) is 9.00. The Kier molecular flexibility index (Phi) is 2.83. The number of nitrogens with two attached hydrogens (primary N) is 1. The number of rotatable bonds is 2. The van der Waals surface area contributed by atoms with Gasteiger partial charge in [0.15, 0.2) is 11.5 Å². The summed E-state index contributed by atoms with van der Waals surface area (Å²) in [4.78, 5) is 15.3. The second-order valence-corrected chi connectivity index (χ2v) is 5.09. The minimum absolute atomic E-state index is 0.189. The van der Waals surface area contributed by atoms with Crippen LogP contribution in [0.25, 0.3) is 11.2 Å². The first-order valence-electron chi connectivity index (χ1n) is 5.62. The number of aromatic nitrogens is 4. The van der Waals surface area contributed by atoms with Crippen LogP contribution in [0.3, 0.4) is 0 Å². The molecular weight excluding hydrogens is 308 g/mol. The van der Waals surface area contributed by atoms with Gasteiger partial charge in [-0.2, -0.15) is 9.97 Å². The van der Waals surface area contributed by atoms with Crippen LogP contribution in [0.1, 0.15) is 5.56 Å². The monoisotopic (exact) mass is 318 g/mol. The first-order valence-corrected chi connectivity index (χ1v) is 6.42. The van der Waals surface area contributed by atoms with Crippen molar-refractivity contribution in [2.45, 2.75) is 6.92 Å². The maximum Gasteiger partial charge on any atom is 0.224 e. The molecule has 0 aliphatic heterocycles. The van der Waals surface area contributed by atoms with E-state index in [9.17, 15) is 0 Å². The van der Waals surface area contributed by atoms with Crippen molar-refractivity contribution < 1.29 is 0 Å². The van der Waals surface area contributed by atoms with Gasteiger partial charge in [-0.3, -0.25) is 0 Å². The molecule has 2 aromatic heterocycles. The molecule has 7 heteroatoms. The lowest BCUT2D eigenvalue weighted by atomic mass is 10.2. The van der Waals surface area contributed by atoms with E-state index < -0.39 is 0 Å². The van der Waals surface area contributed by atoms with E-state index >= 15 is 0 Å². The van der Waals surface area contributed by atoms with Gasteiger partial charge in [-0.15, -0.1) is 0 Å². The minimum atomic E-state index is 0.189. The Morgan fingerprint density at radius 3 is 2.89 bits per heavy atom. The van der Waals surface area contributed by atoms with Crippen LogP contribution < -0.4 is 11.1 Å². The van der Waals surface area contributed by atoms with Crippen LogP contribution in [0.4, 0.5) is 17.5 Å². The normalized spacial score (nSPS) is 10.8. The molecule has 2 heterocycles. The maximum absolute atomic E-state index is 5.67. The molecule has 0 amide bonds. The summed E-state index contributed by atoms with van der Waals surface area (Å²) in [5.74, 6) is 0.798. The third-order valence-corrected chi connectivity index (χ3v) is 3.07. The topological polar surface area (TPSA) is 92.5 Å². The summed E-state index contributed by atoms with van der Waals surface area (Å²) in [6, 6.07) is 6.02. The highest BCUT2D eigenvalue weighted by Gasteiger charge is 2.09. The number of halogens is 1. The fraction of sp³-hybridized carbons (Fsp3) is 0.0833. The number of fused-ring (bicyclic) bond motifs is 1. The maximum atomic E-state index is 5.67. The molecule has 6 nitrogen and oxygen atoms in total. The van der Waals surface area contributed by atoms with Crippen LogP contribution in [0.15, 0.2) is 29.0 Å². The van der Waals surface area contributed by atoms with Crippen molar-refractivity contribution in [3.63, 3.8) is 0 Å². The van der Waals surface area contributed by atoms with Crippen LogP contribution in [0, 0.1) is 6.92 Å². The molecule has 0 atom stereocenters. The van der Waals surface area contributed by atoms with Crippen molar-refractivity contribution >= 4 is 44.5 Å². The Labute approximate surface area is 117 Å². The molecular formula is C12H11BrN6. The third kappa shape index (κ3) is 2.37. The van der Waals surface area contributed by atoms with Gasteiger partial charge in [0.1, 0.15) is 5.52 Å². The van der Waals surface area contributed by atoms with Crippen LogP contribution in [0.5, 0.6) is 0 Å². The van der Waals surface area contributed by atoms with Gasteiger partial charge >= 0.3 is 0 Å². The molecule has 4 N–H and O–H groups in total. The van der Waals surface area contributed by atoms with Crippen molar-refractivity contribution in [1.82, 2.24) is 19.9 Å². The van der Waals surface area contributed by atoms with Crippen molar-refractivity contribution in [3.8, 4) is 0 Å². The van der Waals surface area contributed by atoms with Gasteiger partial charge in [0.2, 0.25) is 5.95 Å². The van der Waals surface area contributed by atoms with E-state index in [1.165, 1.54) is 0 Å². The number of H-pyrrole nitrogens is 1. The summed E-state index contributed by atoms with van der Waals surface area (Å²) >= 11 is 3.47. The smallest absolute Gasteiger partial charge is 0.224 e. The predicted molar refractivity (Wildman–Crippen MR) is 78.3 cm³/mol. The van der Waals surface area contributed by atoms with Crippen LogP contribution in [0.2, 0.25) is 0 Å². The zero-order valence-corrected chi connectivity index (χ0v) is 11.7. The molecule has 3 aromatic rings. The number of aromatic amines is 1. The number of aryl methyl sites for hydroxylation is 1. The number of nitrogens with one attached hydrogen (secondary N) is 2. The second-order valence-electron chi connectivity index (χ2n) is 4.17. The molecule has 0 saturated heterocycles. The molecule has 0 bridgehead atoms. The molecule has 0 aliphatic rings. The molecule has 0 unspecified atom stereocenters. The fourth-order valence-electron chi connectivity index (χ4n) is 1.89. The van der Waals surface area contributed by atoms with Gasteiger partial charge in [-0.05, 0) is 30.7 Å². The summed E-state index contributed by atoms with van der Waals surface area (Å²) in [6.45, 7) is 2.02. The number of anilines is 3. The van der Waals surface area contributed by atoms with Crippen LogP contribution in [-0.2, 0) is 0 Å². The SMILES string of the molecule is Cc1cc(Br)cc(Nc2nc(N)nc3nc[nH]c23)c1. The van der Waals surface area contributed by atoms with Crippen LogP contribution >= 0.6 is 15.9 Å². The van der Waals surface area contributed by atoms with Gasteiger partial charge in [-0.1, -0.05) is 15.9 Å². The average Bonchev–Trinajstić information content (AvgIpc) is 2.75. The van der Waals surface area contributed by atoms with E-state index in [0.717, 1.165) is 21.2 Å². The second kappa shape index (κ2) is 4.51. The van der Waals surface area contributed by atoms with Crippen LogP contribution in [-0.4, -0.2) is 19.9 Å². The van der Waals surface area contributed by atoms with E-state index in [4.69, 9.17) is 5.73 Å². The van der Waals surface area contributed by atoms with E-state index in [1.54, 1.807) is 6.33 Å². The molecule has 1 aromatic carbocycles. The Bertz CT molecular complexity index is 731. The fourth-order valence-corrected chi connectivity index (χ4v) is 2.49. The van der Waals surface area contributed by atoms with Crippen molar-refractivity contribution in [3.05, 3.63) is 34.6 Å². The van der Waals surface area contributed by atoms with Gasteiger partial charge in [0, 0.05) is 10.2 Å². The van der Waals surface area contributed by atoms with E-state index in [1.807, 2.05) is 25.1 Å². The lowest BCUT2D eigenvalue weighted by Crippen LogP contribution is -2.01. The molecule has 0 fully saturated rings. The lowest BCUT2D eigenvalue weighted by Gasteiger charge is -2.08. The van der Waals surface area contributed by atoms with E-state index in [2.05, 4.69) is 41.2 Å². The summed E-state index contributed by atoms with van der Waals surface area (Å²) in [7, 11) is 0. The minimum Gasteiger partial charge on any atom is -0.368 e. The van der Waals surface area contributed by atoms with Gasteiger partial charge in [0.05, 0.1) is 6.33 Å². The number of nitrogens with zero attached hydrogens (tertiary/aromatic N) is 3. The molecule has 19 heavy (non-hydrogen) atoms. The largest absolute Gasteiger partial charge is 0.368 e. The van der Waals surface area contributed by atoms with Gasteiger partial charge < -0.3 is 16.0 Å². The van der Waals surface area contributed by atoms with E-state index in [0.29, 0.717) is 11.5 Å². The van der Waals surface area contributed by atoms with Crippen molar-refractivity contribution in [2.75, 3.05) is 11.1 Å². The average molecular weight is 319 g/mol. The Hall–Kier alpha value is -2.15. The highest BCUT2D eigenvalue weighted by atomic mass is 79.9. The predicted octanol–water partition coefficient (Wildman–Crippen LogP) is 2.75. The highest BCUT2D eigenvalue weighted by Crippen LogP contribution is 2.25. The molecule has 0 radical (unpaired) electrons. The third-order valence-electron chi connectivity index (χ3n) is 2.61. The molecule has 0 spiro atoms. The number of nitrogen functional groups attached to an aromatic ring is 1. The van der Waals surface area contributed by atoms with Gasteiger partial charge in [-0.25, -0.2) is 4.98 Å². The standard InChI is InChI=1S/C12H11BrN6/c1-6-2-7(13)4-8(3-6)17-11-9-10(16-5-15-9)18-12(14)19-11/h2-5H,1H3,(H4,14,15,16,17,18,19). The number of imidazole rings is 1. The van der Waals surface area contributed by atoms with E-state index in [-0.39, 0.29) is 5.95 Å². The van der Waals surface area contributed by atoms with Crippen molar-refractivity contribution in [2.24, 2.45) is 0 Å². The summed E-state index contributed by atoms with van der Waals surface area (Å²) in [6.07, 6.45) is 1.57. The molecule has 0 aliphatic carbocycles. The summed E-state index contributed by atoms with van der Waals surface area (Å²) in [5, 5.41) is 3.22. The molecule has 3 rings (SSSR count). The molecule has 96 valence electrons. The number of hydrogen-bond donors (Lipinski definition) is 3. The quantitative estimate of drug-likeness (QED) is 0.675. The number of benzene rings is 1. The number of hydrogen-bond acceptors (Lipinski definition) is 5. The zero-order valence-electron chi connectivity index (χ0n) is 10.1. The zero-order chi connectivity index (χ0) is 13.4.